The van der Waals surface area contributed by atoms with Gasteiger partial charge < -0.3 is 15.0 Å². The van der Waals surface area contributed by atoms with Crippen molar-refractivity contribution in [2.24, 2.45) is 17.9 Å². The Hall–Kier alpha value is -3.09. The Bertz CT molecular complexity index is 763. The molecule has 2 rings (SSSR count). The molecule has 3 N–H and O–H groups in total. The number of carbonyl (C=O) groups excluding carboxylic acids is 2. The van der Waals surface area contributed by atoms with Gasteiger partial charge in [0.05, 0.1) is 12.1 Å². The molecular weight excluding hydrogens is 320 g/mol. The quantitative estimate of drug-likeness (QED) is 0.560. The van der Waals surface area contributed by atoms with Gasteiger partial charge in [0.2, 0.25) is 5.91 Å². The molecule has 0 aliphatic carbocycles. The van der Waals surface area contributed by atoms with Gasteiger partial charge in [-0.25, -0.2) is 5.43 Å². The first-order valence-electron chi connectivity index (χ1n) is 7.96. The molecule has 25 heavy (non-hydrogen) atoms. The van der Waals surface area contributed by atoms with Gasteiger partial charge in [-0.2, -0.15) is 5.10 Å². The summed E-state index contributed by atoms with van der Waals surface area (Å²) in [6.07, 6.45) is 2.82. The number of nitrogens with one attached hydrogen (secondary N) is 1. The molecule has 0 aliphatic rings. The lowest BCUT2D eigenvalue weighted by molar-refractivity contribution is -0.121. The highest BCUT2D eigenvalue weighted by molar-refractivity contribution is 6.01. The van der Waals surface area contributed by atoms with Crippen LogP contribution in [0.3, 0.4) is 0 Å². The fraction of sp³-hybridized carbons (Fsp3) is 0.278. The summed E-state index contributed by atoms with van der Waals surface area (Å²) in [7, 11) is 1.89. The molecule has 1 aromatic heterocycles. The van der Waals surface area contributed by atoms with E-state index in [1.807, 2.05) is 49.0 Å². The molecule has 1 aromatic carbocycles. The van der Waals surface area contributed by atoms with Gasteiger partial charge in [-0.3, -0.25) is 9.59 Å². The van der Waals surface area contributed by atoms with E-state index in [9.17, 15) is 9.59 Å². The van der Waals surface area contributed by atoms with Crippen molar-refractivity contribution < 1.29 is 14.3 Å². The van der Waals surface area contributed by atoms with Crippen LogP contribution in [0.4, 0.5) is 0 Å². The third-order valence-corrected chi connectivity index (χ3v) is 3.61. The highest BCUT2D eigenvalue weighted by Crippen LogP contribution is 2.14. The first-order valence-corrected chi connectivity index (χ1v) is 7.96. The molecule has 0 radical (unpaired) electrons. The molecule has 0 aliphatic heterocycles. The summed E-state index contributed by atoms with van der Waals surface area (Å²) >= 11 is 0. The Balaban J connectivity index is 1.98. The van der Waals surface area contributed by atoms with Crippen molar-refractivity contribution in [2.75, 3.05) is 6.61 Å². The van der Waals surface area contributed by atoms with Crippen molar-refractivity contribution in [2.45, 2.75) is 19.8 Å². The predicted octanol–water partition coefficient (Wildman–Crippen LogP) is 1.36. The van der Waals surface area contributed by atoms with Crippen LogP contribution in [0.25, 0.3) is 0 Å². The number of aromatic nitrogens is 1. The fourth-order valence-corrected chi connectivity index (χ4v) is 2.26. The molecule has 7 nitrogen and oxygen atoms in total. The van der Waals surface area contributed by atoms with E-state index in [1.54, 1.807) is 12.1 Å². The topological polar surface area (TPSA) is 98.7 Å². The van der Waals surface area contributed by atoms with Crippen LogP contribution in [0.1, 0.15) is 24.6 Å². The number of carbonyl (C=O) groups is 2. The van der Waals surface area contributed by atoms with Crippen molar-refractivity contribution >= 4 is 17.5 Å². The van der Waals surface area contributed by atoms with E-state index in [1.165, 1.54) is 0 Å². The second kappa shape index (κ2) is 8.68. The lowest BCUT2D eigenvalue weighted by atomic mass is 10.1. The minimum absolute atomic E-state index is 0.163. The Labute approximate surface area is 146 Å². The van der Waals surface area contributed by atoms with E-state index in [0.29, 0.717) is 12.2 Å². The molecule has 0 saturated carbocycles. The number of nitrogens with two attached hydrogens (primary N) is 1. The zero-order valence-corrected chi connectivity index (χ0v) is 14.4. The SMILES string of the molecule is CC/C(=N/NC(=O)Cc1cccn1C)c1ccc(OCC(N)=O)cc1. The van der Waals surface area contributed by atoms with E-state index >= 15 is 0 Å². The van der Waals surface area contributed by atoms with Crippen LogP contribution in [-0.4, -0.2) is 28.7 Å². The number of ether oxygens (including phenoxy) is 1. The molecule has 0 spiro atoms. The number of nitrogens with zero attached hydrogens (tertiary/aromatic N) is 2. The number of primary amides is 1. The first-order chi connectivity index (χ1) is 12.0. The van der Waals surface area contributed by atoms with E-state index in [-0.39, 0.29) is 18.9 Å². The highest BCUT2D eigenvalue weighted by atomic mass is 16.5. The van der Waals surface area contributed by atoms with Gasteiger partial charge in [0, 0.05) is 18.9 Å². The van der Waals surface area contributed by atoms with Crippen molar-refractivity contribution in [3.8, 4) is 5.75 Å². The van der Waals surface area contributed by atoms with E-state index in [4.69, 9.17) is 10.5 Å². The number of rotatable bonds is 8. The average molecular weight is 342 g/mol. The van der Waals surface area contributed by atoms with Crippen molar-refractivity contribution in [1.29, 1.82) is 0 Å². The average Bonchev–Trinajstić information content (AvgIpc) is 2.99. The smallest absolute Gasteiger partial charge is 0.255 e. The van der Waals surface area contributed by atoms with Crippen molar-refractivity contribution in [1.82, 2.24) is 9.99 Å². The molecule has 0 atom stereocenters. The monoisotopic (exact) mass is 342 g/mol. The summed E-state index contributed by atoms with van der Waals surface area (Å²) in [6.45, 7) is 1.79. The normalized spacial score (nSPS) is 11.2. The summed E-state index contributed by atoms with van der Waals surface area (Å²) in [5.41, 5.74) is 10.2. The van der Waals surface area contributed by atoms with Gasteiger partial charge in [-0.15, -0.1) is 0 Å². The molecule has 2 aromatic rings. The van der Waals surface area contributed by atoms with Gasteiger partial charge in [0.25, 0.3) is 5.91 Å². The number of amides is 2. The van der Waals surface area contributed by atoms with Gasteiger partial charge >= 0.3 is 0 Å². The highest BCUT2D eigenvalue weighted by Gasteiger charge is 2.07. The Morgan fingerprint density at radius 1 is 1.24 bits per heavy atom. The zero-order valence-electron chi connectivity index (χ0n) is 14.4. The van der Waals surface area contributed by atoms with Gasteiger partial charge in [0.1, 0.15) is 5.75 Å². The maximum absolute atomic E-state index is 12.0. The van der Waals surface area contributed by atoms with Crippen LogP contribution in [-0.2, 0) is 23.1 Å². The largest absolute Gasteiger partial charge is 0.484 e. The van der Waals surface area contributed by atoms with Gasteiger partial charge in [-0.1, -0.05) is 6.92 Å². The van der Waals surface area contributed by atoms with Crippen LogP contribution >= 0.6 is 0 Å². The van der Waals surface area contributed by atoms with E-state index in [2.05, 4.69) is 10.5 Å². The minimum Gasteiger partial charge on any atom is -0.484 e. The zero-order chi connectivity index (χ0) is 18.2. The fourth-order valence-electron chi connectivity index (χ4n) is 2.26. The number of aryl methyl sites for hydroxylation is 1. The molecule has 2 amide bonds. The molecule has 0 fully saturated rings. The summed E-state index contributed by atoms with van der Waals surface area (Å²) in [4.78, 5) is 22.7. The standard InChI is InChI=1S/C18H22N4O3/c1-3-16(13-6-8-15(9-7-13)25-12-17(19)23)20-21-18(24)11-14-5-4-10-22(14)2/h4-10H,3,11-12H2,1-2H3,(H2,19,23)(H,21,24)/b20-16-. The lowest BCUT2D eigenvalue weighted by Gasteiger charge is -2.08. The lowest BCUT2D eigenvalue weighted by Crippen LogP contribution is -2.22. The molecule has 132 valence electrons. The van der Waals surface area contributed by atoms with Gasteiger partial charge in [-0.05, 0) is 48.4 Å². The summed E-state index contributed by atoms with van der Waals surface area (Å²) in [5, 5.41) is 4.22. The number of benzene rings is 1. The Morgan fingerprint density at radius 2 is 1.96 bits per heavy atom. The Morgan fingerprint density at radius 3 is 2.52 bits per heavy atom. The summed E-state index contributed by atoms with van der Waals surface area (Å²) < 4.78 is 7.12. The second-order valence-electron chi connectivity index (χ2n) is 5.51. The predicted molar refractivity (Wildman–Crippen MR) is 95.2 cm³/mol. The molecule has 0 unspecified atom stereocenters. The molecule has 0 bridgehead atoms. The Kier molecular flexibility index (Phi) is 6.33. The van der Waals surface area contributed by atoms with E-state index in [0.717, 1.165) is 17.0 Å². The van der Waals surface area contributed by atoms with Gasteiger partial charge in [0.15, 0.2) is 6.61 Å². The van der Waals surface area contributed by atoms with Crippen molar-refractivity contribution in [3.63, 3.8) is 0 Å². The summed E-state index contributed by atoms with van der Waals surface area (Å²) in [5.74, 6) is -0.152. The maximum atomic E-state index is 12.0. The molecule has 7 heteroatoms. The first kappa shape index (κ1) is 18.3. The number of hydrazone groups is 1. The molecule has 0 saturated heterocycles. The van der Waals surface area contributed by atoms with Crippen molar-refractivity contribution in [3.05, 3.63) is 53.9 Å². The van der Waals surface area contributed by atoms with E-state index < -0.39 is 5.91 Å². The second-order valence-corrected chi connectivity index (χ2v) is 5.51. The molecule has 1 heterocycles. The van der Waals surface area contributed by atoms with Crippen LogP contribution in [0, 0.1) is 0 Å². The number of hydrogen-bond acceptors (Lipinski definition) is 4. The van der Waals surface area contributed by atoms with Crippen LogP contribution < -0.4 is 15.9 Å². The van der Waals surface area contributed by atoms with Crippen LogP contribution in [0.2, 0.25) is 0 Å². The summed E-state index contributed by atoms with van der Waals surface area (Å²) in [6, 6.07) is 10.9. The third-order valence-electron chi connectivity index (χ3n) is 3.61. The molecular formula is C18H22N4O3. The maximum Gasteiger partial charge on any atom is 0.255 e. The van der Waals surface area contributed by atoms with Crippen LogP contribution in [0.5, 0.6) is 5.75 Å². The third kappa shape index (κ3) is 5.49. The minimum atomic E-state index is -0.527. The number of hydrogen-bond donors (Lipinski definition) is 2. The van der Waals surface area contributed by atoms with Crippen LogP contribution in [0.15, 0.2) is 47.7 Å².